The SMILES string of the molecule is NC(=S)c1ccccc1S(=O)(=O)Nc1ccccn1. The fourth-order valence-electron chi connectivity index (χ4n) is 1.52. The molecule has 3 N–H and O–H groups in total. The van der Waals surface area contributed by atoms with Crippen LogP contribution in [0.3, 0.4) is 0 Å². The topological polar surface area (TPSA) is 85.1 Å². The van der Waals surface area contributed by atoms with Crippen LogP contribution in [0.4, 0.5) is 5.82 Å². The standard InChI is InChI=1S/C12H11N3O2S2/c13-12(18)9-5-1-2-6-10(9)19(16,17)15-11-7-3-4-8-14-11/h1-8H,(H2,13,18)(H,14,15). The monoisotopic (exact) mass is 293 g/mol. The quantitative estimate of drug-likeness (QED) is 0.835. The largest absolute Gasteiger partial charge is 0.389 e. The highest BCUT2D eigenvalue weighted by Crippen LogP contribution is 2.18. The third-order valence-electron chi connectivity index (χ3n) is 2.35. The van der Waals surface area contributed by atoms with E-state index in [1.807, 2.05) is 0 Å². The molecule has 1 aromatic carbocycles. The molecular weight excluding hydrogens is 282 g/mol. The number of sulfonamides is 1. The van der Waals surface area contributed by atoms with Crippen molar-refractivity contribution in [2.45, 2.75) is 4.90 Å². The number of hydrogen-bond donors (Lipinski definition) is 2. The van der Waals surface area contributed by atoms with Gasteiger partial charge in [-0.05, 0) is 18.2 Å². The van der Waals surface area contributed by atoms with Gasteiger partial charge >= 0.3 is 0 Å². The van der Waals surface area contributed by atoms with Gasteiger partial charge in [0, 0.05) is 11.8 Å². The van der Waals surface area contributed by atoms with Crippen LogP contribution in [0.25, 0.3) is 0 Å². The highest BCUT2D eigenvalue weighted by atomic mass is 32.2. The molecule has 19 heavy (non-hydrogen) atoms. The average Bonchev–Trinajstić information content (AvgIpc) is 2.39. The Labute approximate surface area is 116 Å². The van der Waals surface area contributed by atoms with Crippen molar-refractivity contribution < 1.29 is 8.42 Å². The number of nitrogens with zero attached hydrogens (tertiary/aromatic N) is 1. The maximum Gasteiger partial charge on any atom is 0.263 e. The summed E-state index contributed by atoms with van der Waals surface area (Å²) in [6, 6.07) is 11.2. The number of hydrogen-bond acceptors (Lipinski definition) is 4. The summed E-state index contributed by atoms with van der Waals surface area (Å²) >= 11 is 4.85. The molecule has 0 aliphatic heterocycles. The Bertz CT molecular complexity index is 700. The number of benzene rings is 1. The fourth-order valence-corrected chi connectivity index (χ4v) is 2.99. The van der Waals surface area contributed by atoms with Crippen molar-refractivity contribution in [2.75, 3.05) is 4.72 Å². The molecule has 0 atom stereocenters. The van der Waals surface area contributed by atoms with E-state index in [2.05, 4.69) is 9.71 Å². The summed E-state index contributed by atoms with van der Waals surface area (Å²) < 4.78 is 26.9. The maximum atomic E-state index is 12.3. The predicted octanol–water partition coefficient (Wildman–Crippen LogP) is 1.52. The predicted molar refractivity (Wildman–Crippen MR) is 77.4 cm³/mol. The Morgan fingerprint density at radius 1 is 1.16 bits per heavy atom. The molecule has 0 radical (unpaired) electrons. The molecule has 0 spiro atoms. The first-order valence-electron chi connectivity index (χ1n) is 5.33. The number of anilines is 1. The highest BCUT2D eigenvalue weighted by Gasteiger charge is 2.19. The van der Waals surface area contributed by atoms with E-state index in [9.17, 15) is 8.42 Å². The summed E-state index contributed by atoms with van der Waals surface area (Å²) in [6.45, 7) is 0. The van der Waals surface area contributed by atoms with Crippen LogP contribution in [-0.2, 0) is 10.0 Å². The van der Waals surface area contributed by atoms with E-state index in [0.717, 1.165) is 0 Å². The minimum absolute atomic E-state index is 0.0296. The second kappa shape index (κ2) is 5.33. The van der Waals surface area contributed by atoms with Crippen LogP contribution in [0.1, 0.15) is 5.56 Å². The lowest BCUT2D eigenvalue weighted by Crippen LogP contribution is -2.20. The highest BCUT2D eigenvalue weighted by molar-refractivity contribution is 7.93. The molecule has 1 heterocycles. The minimum atomic E-state index is -3.77. The first-order valence-corrected chi connectivity index (χ1v) is 7.22. The molecule has 2 rings (SSSR count). The van der Waals surface area contributed by atoms with Crippen molar-refractivity contribution in [2.24, 2.45) is 5.73 Å². The van der Waals surface area contributed by atoms with Crippen molar-refractivity contribution >= 4 is 33.0 Å². The zero-order chi connectivity index (χ0) is 13.9. The molecule has 0 aliphatic carbocycles. The van der Waals surface area contributed by atoms with E-state index in [1.165, 1.54) is 12.3 Å². The van der Waals surface area contributed by atoms with Gasteiger partial charge in [-0.3, -0.25) is 4.72 Å². The first kappa shape index (κ1) is 13.4. The number of nitrogens with one attached hydrogen (secondary N) is 1. The van der Waals surface area contributed by atoms with Crippen LogP contribution in [0, 0.1) is 0 Å². The van der Waals surface area contributed by atoms with E-state index in [1.54, 1.807) is 36.4 Å². The Morgan fingerprint density at radius 2 is 1.84 bits per heavy atom. The maximum absolute atomic E-state index is 12.3. The van der Waals surface area contributed by atoms with E-state index in [0.29, 0.717) is 5.56 Å². The molecule has 5 nitrogen and oxygen atoms in total. The van der Waals surface area contributed by atoms with Crippen molar-refractivity contribution in [1.29, 1.82) is 0 Å². The van der Waals surface area contributed by atoms with Crippen LogP contribution in [0.2, 0.25) is 0 Å². The molecule has 0 fully saturated rings. The Morgan fingerprint density at radius 3 is 2.47 bits per heavy atom. The summed E-state index contributed by atoms with van der Waals surface area (Å²) in [5.74, 6) is 0.236. The van der Waals surface area contributed by atoms with Gasteiger partial charge in [-0.2, -0.15) is 0 Å². The van der Waals surface area contributed by atoms with Gasteiger partial charge in [-0.25, -0.2) is 13.4 Å². The van der Waals surface area contributed by atoms with E-state index < -0.39 is 10.0 Å². The zero-order valence-electron chi connectivity index (χ0n) is 9.78. The zero-order valence-corrected chi connectivity index (χ0v) is 11.4. The van der Waals surface area contributed by atoms with Gasteiger partial charge in [0.15, 0.2) is 0 Å². The van der Waals surface area contributed by atoms with Gasteiger partial charge in [0.25, 0.3) is 10.0 Å². The Kier molecular flexibility index (Phi) is 3.77. The molecule has 7 heteroatoms. The lowest BCUT2D eigenvalue weighted by atomic mass is 10.2. The summed E-state index contributed by atoms with van der Waals surface area (Å²) in [4.78, 5) is 3.97. The van der Waals surface area contributed by atoms with Crippen LogP contribution in [0.5, 0.6) is 0 Å². The molecule has 0 unspecified atom stereocenters. The number of thiocarbonyl (C=S) groups is 1. The van der Waals surface area contributed by atoms with Gasteiger partial charge in [0.05, 0.1) is 4.90 Å². The first-order chi connectivity index (χ1) is 9.00. The number of aromatic nitrogens is 1. The molecule has 0 amide bonds. The summed E-state index contributed by atoms with van der Waals surface area (Å²) in [7, 11) is -3.77. The molecule has 0 aliphatic rings. The summed E-state index contributed by atoms with van der Waals surface area (Å²) in [5, 5.41) is 0. The van der Waals surface area contributed by atoms with Crippen molar-refractivity contribution in [3.05, 3.63) is 54.2 Å². The number of pyridine rings is 1. The van der Waals surface area contributed by atoms with Crippen molar-refractivity contribution in [3.8, 4) is 0 Å². The Balaban J connectivity index is 2.43. The number of nitrogens with two attached hydrogens (primary N) is 1. The molecule has 0 bridgehead atoms. The minimum Gasteiger partial charge on any atom is -0.389 e. The number of rotatable bonds is 4. The summed E-state index contributed by atoms with van der Waals surface area (Å²) in [6.07, 6.45) is 1.50. The van der Waals surface area contributed by atoms with Gasteiger partial charge in [-0.1, -0.05) is 36.5 Å². The average molecular weight is 293 g/mol. The Hall–Kier alpha value is -1.99. The van der Waals surface area contributed by atoms with Crippen molar-refractivity contribution in [1.82, 2.24) is 4.98 Å². The smallest absolute Gasteiger partial charge is 0.263 e. The molecule has 0 saturated carbocycles. The second-order valence-corrected chi connectivity index (χ2v) is 5.77. The van der Waals surface area contributed by atoms with Gasteiger partial charge in [0.1, 0.15) is 10.8 Å². The van der Waals surface area contributed by atoms with Crippen molar-refractivity contribution in [3.63, 3.8) is 0 Å². The van der Waals surface area contributed by atoms with Gasteiger partial charge in [-0.15, -0.1) is 0 Å². The summed E-state index contributed by atoms with van der Waals surface area (Å²) in [5.41, 5.74) is 5.83. The van der Waals surface area contributed by atoms with Crippen LogP contribution in [0.15, 0.2) is 53.6 Å². The fraction of sp³-hybridized carbons (Fsp3) is 0. The lowest BCUT2D eigenvalue weighted by molar-refractivity contribution is 0.601. The molecule has 98 valence electrons. The molecular formula is C12H11N3O2S2. The third-order valence-corrected chi connectivity index (χ3v) is 3.98. The molecule has 1 aromatic heterocycles. The second-order valence-electron chi connectivity index (χ2n) is 3.68. The van der Waals surface area contributed by atoms with Crippen LogP contribution in [-0.4, -0.2) is 18.4 Å². The third kappa shape index (κ3) is 3.07. The van der Waals surface area contributed by atoms with Crippen LogP contribution < -0.4 is 10.5 Å². The van der Waals surface area contributed by atoms with E-state index >= 15 is 0 Å². The normalized spacial score (nSPS) is 10.9. The lowest BCUT2D eigenvalue weighted by Gasteiger charge is -2.10. The van der Waals surface area contributed by atoms with Crippen LogP contribution >= 0.6 is 12.2 Å². The van der Waals surface area contributed by atoms with E-state index in [-0.39, 0.29) is 15.7 Å². The van der Waals surface area contributed by atoms with Gasteiger partial charge in [0.2, 0.25) is 0 Å². The molecule has 2 aromatic rings. The van der Waals surface area contributed by atoms with E-state index in [4.69, 9.17) is 18.0 Å². The molecule has 0 saturated heterocycles. The van der Waals surface area contributed by atoms with Gasteiger partial charge < -0.3 is 5.73 Å².